The number of hydrogen-bond donors (Lipinski definition) is 2. The Labute approximate surface area is 127 Å². The molecule has 0 aliphatic heterocycles. The Kier molecular flexibility index (Phi) is 5.75. The van der Waals surface area contributed by atoms with Gasteiger partial charge in [0, 0.05) is 25.7 Å². The number of rotatable bonds is 9. The predicted octanol–water partition coefficient (Wildman–Crippen LogP) is 1.17. The molecule has 6 heteroatoms. The van der Waals surface area contributed by atoms with Crippen LogP contribution in [0.2, 0.25) is 0 Å². The van der Waals surface area contributed by atoms with Gasteiger partial charge in [-0.15, -0.1) is 0 Å². The summed E-state index contributed by atoms with van der Waals surface area (Å²) in [5.41, 5.74) is 0.834. The van der Waals surface area contributed by atoms with Crippen LogP contribution in [0.15, 0.2) is 29.2 Å². The summed E-state index contributed by atoms with van der Waals surface area (Å²) in [4.78, 5) is 2.46. The number of nitrogens with zero attached hydrogens (tertiary/aromatic N) is 1. The third kappa shape index (κ3) is 5.07. The third-order valence-corrected chi connectivity index (χ3v) is 5.31. The number of nitrogens with one attached hydrogen (secondary N) is 2. The lowest BCUT2D eigenvalue weighted by Gasteiger charge is -2.15. The lowest BCUT2D eigenvalue weighted by atomic mass is 10.2. The fourth-order valence-electron chi connectivity index (χ4n) is 2.06. The van der Waals surface area contributed by atoms with Crippen molar-refractivity contribution in [1.29, 1.82) is 0 Å². The Morgan fingerprint density at radius 3 is 2.67 bits per heavy atom. The van der Waals surface area contributed by atoms with E-state index in [2.05, 4.69) is 14.9 Å². The first-order chi connectivity index (χ1) is 10.0. The molecule has 2 N–H and O–H groups in total. The van der Waals surface area contributed by atoms with Gasteiger partial charge < -0.3 is 10.2 Å². The van der Waals surface area contributed by atoms with Gasteiger partial charge in [0.2, 0.25) is 10.0 Å². The Balaban J connectivity index is 2.00. The second-order valence-corrected chi connectivity index (χ2v) is 7.29. The summed E-state index contributed by atoms with van der Waals surface area (Å²) in [5.74, 6) is 0. The first kappa shape index (κ1) is 16.4. The molecular weight excluding hydrogens is 286 g/mol. The highest BCUT2D eigenvalue weighted by Crippen LogP contribution is 2.21. The van der Waals surface area contributed by atoms with Crippen LogP contribution in [0.1, 0.15) is 25.3 Å². The van der Waals surface area contributed by atoms with Crippen LogP contribution in [-0.4, -0.2) is 46.0 Å². The fraction of sp³-hybridized carbons (Fsp3) is 0.600. The van der Waals surface area contributed by atoms with Crippen molar-refractivity contribution in [1.82, 2.24) is 14.9 Å². The lowest BCUT2D eigenvalue weighted by molar-refractivity contribution is 0.358. The van der Waals surface area contributed by atoms with Crippen LogP contribution in [0.5, 0.6) is 0 Å². The molecule has 21 heavy (non-hydrogen) atoms. The van der Waals surface area contributed by atoms with Crippen LogP contribution >= 0.6 is 0 Å². The molecule has 0 bridgehead atoms. The van der Waals surface area contributed by atoms with Crippen LogP contribution in [0.3, 0.4) is 0 Å². The minimum Gasteiger partial charge on any atom is -0.310 e. The molecule has 1 aliphatic carbocycles. The van der Waals surface area contributed by atoms with Gasteiger partial charge in [-0.05, 0) is 38.1 Å². The fourth-order valence-corrected chi connectivity index (χ4v) is 3.32. The van der Waals surface area contributed by atoms with Crippen molar-refractivity contribution in [3.8, 4) is 0 Å². The molecule has 0 atom stereocenters. The molecule has 0 aromatic heterocycles. The van der Waals surface area contributed by atoms with Crippen molar-refractivity contribution in [2.45, 2.75) is 37.2 Å². The molecule has 0 spiro atoms. The minimum absolute atomic E-state index is 0.386. The first-order valence-corrected chi connectivity index (χ1v) is 9.00. The highest BCUT2D eigenvalue weighted by Gasteiger charge is 2.22. The Morgan fingerprint density at radius 2 is 2.00 bits per heavy atom. The molecule has 0 saturated heterocycles. The van der Waals surface area contributed by atoms with E-state index in [1.54, 1.807) is 12.1 Å². The highest BCUT2D eigenvalue weighted by atomic mass is 32.2. The van der Waals surface area contributed by atoms with Gasteiger partial charge in [-0.3, -0.25) is 0 Å². The lowest BCUT2D eigenvalue weighted by Crippen LogP contribution is -2.33. The van der Waals surface area contributed by atoms with Gasteiger partial charge in [-0.2, -0.15) is 0 Å². The van der Waals surface area contributed by atoms with Gasteiger partial charge in [0.05, 0.1) is 4.90 Å². The third-order valence-electron chi connectivity index (χ3n) is 3.75. The number of hydrogen-bond acceptors (Lipinski definition) is 4. The molecule has 0 heterocycles. The Morgan fingerprint density at radius 1 is 1.29 bits per heavy atom. The second kappa shape index (κ2) is 7.35. The van der Waals surface area contributed by atoms with Gasteiger partial charge in [0.15, 0.2) is 0 Å². The van der Waals surface area contributed by atoms with Crippen molar-refractivity contribution >= 4 is 10.0 Å². The highest BCUT2D eigenvalue weighted by molar-refractivity contribution is 7.89. The molecular formula is C15H25N3O2S. The van der Waals surface area contributed by atoms with Gasteiger partial charge in [-0.25, -0.2) is 13.1 Å². The molecule has 118 valence electrons. The second-order valence-electron chi connectivity index (χ2n) is 5.56. The van der Waals surface area contributed by atoms with Crippen LogP contribution < -0.4 is 10.0 Å². The standard InChI is InChI=1S/C15H25N3O2S/c1-3-18(2)11-10-17-21(19,20)15-7-5-4-6-13(15)12-16-14-8-9-14/h4-7,14,16-17H,3,8-12H2,1-2H3. The molecule has 2 rings (SSSR count). The summed E-state index contributed by atoms with van der Waals surface area (Å²) in [5, 5.41) is 3.37. The molecule has 1 fully saturated rings. The van der Waals surface area contributed by atoms with E-state index in [0.717, 1.165) is 12.1 Å². The SMILES string of the molecule is CCN(C)CCNS(=O)(=O)c1ccccc1CNC1CC1. The van der Waals surface area contributed by atoms with Crippen molar-refractivity contribution in [2.75, 3.05) is 26.7 Å². The summed E-state index contributed by atoms with van der Waals surface area (Å²) in [6.07, 6.45) is 2.38. The molecule has 1 saturated carbocycles. The number of sulfonamides is 1. The van der Waals surface area contributed by atoms with Crippen molar-refractivity contribution < 1.29 is 8.42 Å². The van der Waals surface area contributed by atoms with Gasteiger partial charge in [-0.1, -0.05) is 25.1 Å². The van der Waals surface area contributed by atoms with Crippen LogP contribution in [-0.2, 0) is 16.6 Å². The van der Waals surface area contributed by atoms with Crippen LogP contribution in [0.25, 0.3) is 0 Å². The number of benzene rings is 1. The zero-order chi connectivity index (χ0) is 15.3. The van der Waals surface area contributed by atoms with Crippen molar-refractivity contribution in [2.24, 2.45) is 0 Å². The molecule has 0 amide bonds. The number of likely N-dealkylation sites (N-methyl/N-ethyl adjacent to an activating group) is 1. The van der Waals surface area contributed by atoms with E-state index in [-0.39, 0.29) is 0 Å². The quantitative estimate of drug-likeness (QED) is 0.719. The van der Waals surface area contributed by atoms with Crippen molar-refractivity contribution in [3.63, 3.8) is 0 Å². The van der Waals surface area contributed by atoms with E-state index in [4.69, 9.17) is 0 Å². The van der Waals surface area contributed by atoms with E-state index in [9.17, 15) is 8.42 Å². The predicted molar refractivity (Wildman–Crippen MR) is 84.7 cm³/mol. The van der Waals surface area contributed by atoms with E-state index in [1.165, 1.54) is 12.8 Å². The molecule has 1 aromatic rings. The molecule has 5 nitrogen and oxygen atoms in total. The van der Waals surface area contributed by atoms with Gasteiger partial charge in [0.25, 0.3) is 0 Å². The van der Waals surface area contributed by atoms with E-state index in [1.807, 2.05) is 26.1 Å². The smallest absolute Gasteiger partial charge is 0.240 e. The molecule has 1 aliphatic rings. The monoisotopic (exact) mass is 311 g/mol. The topological polar surface area (TPSA) is 61.4 Å². The zero-order valence-corrected chi connectivity index (χ0v) is 13.6. The van der Waals surface area contributed by atoms with E-state index >= 15 is 0 Å². The maximum Gasteiger partial charge on any atom is 0.240 e. The van der Waals surface area contributed by atoms with E-state index < -0.39 is 10.0 Å². The first-order valence-electron chi connectivity index (χ1n) is 7.52. The molecule has 1 aromatic carbocycles. The molecule has 0 unspecified atom stereocenters. The maximum atomic E-state index is 12.4. The normalized spacial score (nSPS) is 15.6. The minimum atomic E-state index is -3.44. The van der Waals surface area contributed by atoms with E-state index in [0.29, 0.717) is 30.6 Å². The Bertz CT molecular complexity index is 556. The average Bonchev–Trinajstić information content (AvgIpc) is 3.29. The average molecular weight is 311 g/mol. The summed E-state index contributed by atoms with van der Waals surface area (Å²) in [7, 11) is -1.46. The Hall–Kier alpha value is -0.950. The largest absolute Gasteiger partial charge is 0.310 e. The van der Waals surface area contributed by atoms with Gasteiger partial charge in [0.1, 0.15) is 0 Å². The summed E-state index contributed by atoms with van der Waals surface area (Å²) >= 11 is 0. The van der Waals surface area contributed by atoms with Gasteiger partial charge >= 0.3 is 0 Å². The maximum absolute atomic E-state index is 12.4. The molecule has 0 radical (unpaired) electrons. The van der Waals surface area contributed by atoms with Crippen LogP contribution in [0, 0.1) is 0 Å². The summed E-state index contributed by atoms with van der Waals surface area (Å²) < 4.78 is 27.5. The van der Waals surface area contributed by atoms with Crippen molar-refractivity contribution in [3.05, 3.63) is 29.8 Å². The summed E-state index contributed by atoms with van der Waals surface area (Å²) in [6, 6.07) is 7.77. The van der Waals surface area contributed by atoms with Crippen LogP contribution in [0.4, 0.5) is 0 Å². The zero-order valence-electron chi connectivity index (χ0n) is 12.8. The summed E-state index contributed by atoms with van der Waals surface area (Å²) in [6.45, 7) is 4.70.